The number of nitrogens with one attached hydrogen (secondary N) is 2. The van der Waals surface area contributed by atoms with Crippen molar-refractivity contribution in [2.24, 2.45) is 0 Å². The van der Waals surface area contributed by atoms with Gasteiger partial charge in [-0.15, -0.1) is 0 Å². The third-order valence-corrected chi connectivity index (χ3v) is 5.65. The number of anilines is 2. The number of carbonyl (C=O) groups excluding carboxylic acids is 1. The van der Waals surface area contributed by atoms with Gasteiger partial charge in [-0.25, -0.2) is 14.8 Å². The van der Waals surface area contributed by atoms with Crippen molar-refractivity contribution in [1.29, 1.82) is 0 Å². The van der Waals surface area contributed by atoms with E-state index in [2.05, 4.69) is 27.4 Å². The Hall–Kier alpha value is -3.52. The molecule has 2 aliphatic rings. The lowest BCUT2D eigenvalue weighted by atomic mass is 10.1. The van der Waals surface area contributed by atoms with E-state index in [-0.39, 0.29) is 12.1 Å². The first-order valence-corrected chi connectivity index (χ1v) is 11.0. The highest BCUT2D eigenvalue weighted by atomic mass is 16.5. The largest absolute Gasteiger partial charge is 0.377 e. The average molecular weight is 431 g/mol. The summed E-state index contributed by atoms with van der Waals surface area (Å²) in [6, 6.07) is 13.9. The quantitative estimate of drug-likeness (QED) is 0.641. The molecule has 8 heteroatoms. The van der Waals surface area contributed by atoms with Crippen molar-refractivity contribution >= 4 is 17.5 Å². The molecule has 1 aliphatic carbocycles. The number of urea groups is 1. The van der Waals surface area contributed by atoms with Crippen molar-refractivity contribution in [2.45, 2.75) is 31.8 Å². The van der Waals surface area contributed by atoms with Crippen LogP contribution in [0.15, 0.2) is 54.9 Å². The summed E-state index contributed by atoms with van der Waals surface area (Å²) in [7, 11) is 0. The van der Waals surface area contributed by atoms with Crippen LogP contribution in [0.4, 0.5) is 16.3 Å². The fraction of sp³-hybridized carbons (Fsp3) is 0.333. The van der Waals surface area contributed by atoms with Crippen LogP contribution >= 0.6 is 0 Å². The summed E-state index contributed by atoms with van der Waals surface area (Å²) in [5, 5.41) is 5.80. The van der Waals surface area contributed by atoms with Gasteiger partial charge in [0, 0.05) is 47.9 Å². The van der Waals surface area contributed by atoms with Gasteiger partial charge in [0.05, 0.1) is 24.9 Å². The molecule has 0 radical (unpaired) electrons. The molecule has 1 saturated carbocycles. The van der Waals surface area contributed by atoms with E-state index < -0.39 is 0 Å². The molecule has 0 unspecified atom stereocenters. The minimum atomic E-state index is -0.168. The number of amides is 2. The van der Waals surface area contributed by atoms with E-state index in [1.165, 1.54) is 0 Å². The summed E-state index contributed by atoms with van der Waals surface area (Å²) in [6.07, 6.45) is 5.67. The molecule has 2 amide bonds. The standard InChI is InChI=1S/C24H26N6O2/c1-16-15-32-12-11-30(16)22-13-21(18-3-2-10-25-14-18)28-23(29-22)17-4-6-19(7-5-17)26-24(31)27-20-8-9-20/h2-7,10,13-14,16,20H,8-9,11-12,15H2,1H3,(H2,26,27,31)/t16-/m0/s1. The summed E-state index contributed by atoms with van der Waals surface area (Å²) >= 11 is 0. The molecule has 0 bridgehead atoms. The van der Waals surface area contributed by atoms with E-state index in [4.69, 9.17) is 14.7 Å². The van der Waals surface area contributed by atoms with Crippen molar-refractivity contribution in [3.05, 3.63) is 54.9 Å². The summed E-state index contributed by atoms with van der Waals surface area (Å²) in [5.74, 6) is 1.50. The van der Waals surface area contributed by atoms with Gasteiger partial charge in [-0.05, 0) is 56.2 Å². The zero-order chi connectivity index (χ0) is 21.9. The molecule has 3 aromatic rings. The fourth-order valence-corrected chi connectivity index (χ4v) is 3.72. The molecule has 32 heavy (non-hydrogen) atoms. The van der Waals surface area contributed by atoms with Gasteiger partial charge in [-0.2, -0.15) is 0 Å². The molecule has 2 fully saturated rings. The van der Waals surface area contributed by atoms with Gasteiger partial charge >= 0.3 is 6.03 Å². The van der Waals surface area contributed by atoms with Gasteiger partial charge in [-0.1, -0.05) is 0 Å². The molecule has 2 N–H and O–H groups in total. The lowest BCUT2D eigenvalue weighted by molar-refractivity contribution is 0.0985. The highest BCUT2D eigenvalue weighted by molar-refractivity contribution is 5.89. The maximum Gasteiger partial charge on any atom is 0.319 e. The summed E-state index contributed by atoms with van der Waals surface area (Å²) < 4.78 is 5.60. The molecule has 1 aromatic carbocycles. The molecule has 2 aromatic heterocycles. The number of aromatic nitrogens is 3. The Bertz CT molecular complexity index is 1090. The topological polar surface area (TPSA) is 92.3 Å². The Kier molecular flexibility index (Phi) is 5.68. The Morgan fingerprint density at radius 3 is 2.69 bits per heavy atom. The molecule has 1 atom stereocenters. The molecule has 3 heterocycles. The maximum absolute atomic E-state index is 12.0. The molecule has 5 rings (SSSR count). The zero-order valence-electron chi connectivity index (χ0n) is 18.0. The number of ether oxygens (including phenoxy) is 1. The Morgan fingerprint density at radius 2 is 1.97 bits per heavy atom. The second-order valence-corrected chi connectivity index (χ2v) is 8.24. The van der Waals surface area contributed by atoms with E-state index >= 15 is 0 Å². The molecular weight excluding hydrogens is 404 g/mol. The lowest BCUT2D eigenvalue weighted by Gasteiger charge is -2.34. The second-order valence-electron chi connectivity index (χ2n) is 8.24. The van der Waals surface area contributed by atoms with Crippen molar-refractivity contribution < 1.29 is 9.53 Å². The Balaban J connectivity index is 1.45. The van der Waals surface area contributed by atoms with Crippen LogP contribution in [0.3, 0.4) is 0 Å². The first-order chi connectivity index (χ1) is 15.7. The molecule has 1 aliphatic heterocycles. The van der Waals surface area contributed by atoms with E-state index in [1.54, 1.807) is 6.20 Å². The number of hydrogen-bond donors (Lipinski definition) is 2. The smallest absolute Gasteiger partial charge is 0.319 e. The minimum Gasteiger partial charge on any atom is -0.377 e. The number of rotatable bonds is 5. The van der Waals surface area contributed by atoms with Crippen LogP contribution in [0.25, 0.3) is 22.6 Å². The van der Waals surface area contributed by atoms with Crippen LogP contribution in [0.2, 0.25) is 0 Å². The number of hydrogen-bond acceptors (Lipinski definition) is 6. The Labute approximate surface area is 187 Å². The van der Waals surface area contributed by atoms with Crippen molar-refractivity contribution in [3.63, 3.8) is 0 Å². The average Bonchev–Trinajstić information content (AvgIpc) is 3.64. The molecule has 0 spiro atoms. The van der Waals surface area contributed by atoms with Crippen LogP contribution in [0, 0.1) is 0 Å². The Morgan fingerprint density at radius 1 is 1.12 bits per heavy atom. The monoisotopic (exact) mass is 430 g/mol. The van der Waals surface area contributed by atoms with E-state index in [9.17, 15) is 4.79 Å². The number of nitrogens with zero attached hydrogens (tertiary/aromatic N) is 4. The zero-order valence-corrected chi connectivity index (χ0v) is 18.0. The molecular formula is C24H26N6O2. The molecule has 1 saturated heterocycles. The highest BCUT2D eigenvalue weighted by Crippen LogP contribution is 2.28. The lowest BCUT2D eigenvalue weighted by Crippen LogP contribution is -2.44. The first kappa shape index (κ1) is 20.4. The predicted octanol–water partition coefficient (Wildman–Crippen LogP) is 3.71. The van der Waals surface area contributed by atoms with Crippen LogP contribution in [-0.2, 0) is 4.74 Å². The van der Waals surface area contributed by atoms with Gasteiger partial charge in [0.15, 0.2) is 5.82 Å². The normalized spacial score (nSPS) is 18.3. The van der Waals surface area contributed by atoms with E-state index in [1.807, 2.05) is 48.7 Å². The number of carbonyl (C=O) groups is 1. The summed E-state index contributed by atoms with van der Waals surface area (Å²) in [5.41, 5.74) is 3.37. The van der Waals surface area contributed by atoms with Gasteiger partial charge < -0.3 is 20.3 Å². The number of morpholine rings is 1. The number of pyridine rings is 1. The second kappa shape index (κ2) is 8.92. The van der Waals surface area contributed by atoms with Gasteiger partial charge in [0.25, 0.3) is 0 Å². The van der Waals surface area contributed by atoms with Crippen LogP contribution < -0.4 is 15.5 Å². The highest BCUT2D eigenvalue weighted by Gasteiger charge is 2.24. The van der Waals surface area contributed by atoms with E-state index in [0.717, 1.165) is 47.7 Å². The van der Waals surface area contributed by atoms with Crippen molar-refractivity contribution in [1.82, 2.24) is 20.3 Å². The van der Waals surface area contributed by atoms with Crippen LogP contribution in [0.1, 0.15) is 19.8 Å². The first-order valence-electron chi connectivity index (χ1n) is 11.0. The van der Waals surface area contributed by atoms with Gasteiger partial charge in [-0.3, -0.25) is 4.98 Å². The molecule has 8 nitrogen and oxygen atoms in total. The van der Waals surface area contributed by atoms with Gasteiger partial charge in [0.1, 0.15) is 5.82 Å². The van der Waals surface area contributed by atoms with Crippen molar-refractivity contribution in [2.75, 3.05) is 30.0 Å². The third-order valence-electron chi connectivity index (χ3n) is 5.65. The fourth-order valence-electron chi connectivity index (χ4n) is 3.72. The predicted molar refractivity (Wildman–Crippen MR) is 124 cm³/mol. The summed E-state index contributed by atoms with van der Waals surface area (Å²) in [6.45, 7) is 4.26. The maximum atomic E-state index is 12.0. The van der Waals surface area contributed by atoms with Crippen LogP contribution in [-0.4, -0.2) is 52.8 Å². The SMILES string of the molecule is C[C@H]1COCCN1c1cc(-c2cccnc2)nc(-c2ccc(NC(=O)NC3CC3)cc2)n1. The third kappa shape index (κ3) is 4.70. The van der Waals surface area contributed by atoms with Crippen molar-refractivity contribution in [3.8, 4) is 22.6 Å². The van der Waals surface area contributed by atoms with Gasteiger partial charge in [0.2, 0.25) is 0 Å². The molecule has 164 valence electrons. The minimum absolute atomic E-state index is 0.168. The van der Waals surface area contributed by atoms with Crippen LogP contribution in [0.5, 0.6) is 0 Å². The summed E-state index contributed by atoms with van der Waals surface area (Å²) in [4.78, 5) is 28.2. The van der Waals surface area contributed by atoms with E-state index in [0.29, 0.717) is 25.1 Å². The number of benzene rings is 1.